The molecule has 98 heavy (non-hydrogen) atoms. The Morgan fingerprint density at radius 1 is 0.316 bits per heavy atom. The molecule has 0 amide bonds. The number of carbonyl (C=O) groups is 4. The minimum Gasteiger partial charge on any atom is -0.462 e. The van der Waals surface area contributed by atoms with Crippen molar-refractivity contribution in [2.75, 3.05) is 39.6 Å². The SMILES string of the molecule is CCCCCC/C=C\C=C/CCCCCCCC(=O)O[C@H](COC(=O)CCCCCCCCCCCCCCCCCCCCC(C)C)COP(=O)(O)OCC(O)COP(=O)(O)OC[C@@H](COC(=O)CCCCCCCCCC(C)C)OC(=O)CCCCCCCCCCCC(C)C. The van der Waals surface area contributed by atoms with Crippen LogP contribution in [0.5, 0.6) is 0 Å². The Labute approximate surface area is 599 Å². The van der Waals surface area contributed by atoms with Crippen molar-refractivity contribution >= 4 is 39.5 Å². The zero-order valence-corrected chi connectivity index (χ0v) is 65.5. The van der Waals surface area contributed by atoms with Gasteiger partial charge in [0.2, 0.25) is 0 Å². The van der Waals surface area contributed by atoms with Gasteiger partial charge >= 0.3 is 39.5 Å². The molecule has 0 saturated heterocycles. The van der Waals surface area contributed by atoms with Crippen molar-refractivity contribution in [3.63, 3.8) is 0 Å². The summed E-state index contributed by atoms with van der Waals surface area (Å²) in [6, 6.07) is 0. The van der Waals surface area contributed by atoms with E-state index in [1.165, 1.54) is 173 Å². The van der Waals surface area contributed by atoms with Crippen LogP contribution in [0.1, 0.15) is 382 Å². The highest BCUT2D eigenvalue weighted by molar-refractivity contribution is 7.47. The molecular formula is C79H150O17P2. The summed E-state index contributed by atoms with van der Waals surface area (Å²) in [5.41, 5.74) is 0. The minimum atomic E-state index is -4.97. The zero-order valence-electron chi connectivity index (χ0n) is 63.7. The lowest BCUT2D eigenvalue weighted by Gasteiger charge is -2.21. The summed E-state index contributed by atoms with van der Waals surface area (Å²) in [5.74, 6) is 0.112. The lowest BCUT2D eigenvalue weighted by molar-refractivity contribution is -0.161. The number of carbonyl (C=O) groups excluding carboxylic acids is 4. The second-order valence-corrected chi connectivity index (χ2v) is 32.1. The molecule has 0 aliphatic heterocycles. The number of phosphoric acid groups is 2. The van der Waals surface area contributed by atoms with Crippen molar-refractivity contribution in [2.45, 2.75) is 401 Å². The van der Waals surface area contributed by atoms with Crippen molar-refractivity contribution in [1.29, 1.82) is 0 Å². The predicted molar refractivity (Wildman–Crippen MR) is 400 cm³/mol. The second kappa shape index (κ2) is 68.9. The molecule has 3 unspecified atom stereocenters. The van der Waals surface area contributed by atoms with Gasteiger partial charge in [0.05, 0.1) is 26.4 Å². The van der Waals surface area contributed by atoms with E-state index < -0.39 is 97.5 Å². The maximum Gasteiger partial charge on any atom is 0.472 e. The Bertz CT molecular complexity index is 2000. The quantitative estimate of drug-likeness (QED) is 0.0169. The van der Waals surface area contributed by atoms with Gasteiger partial charge in [-0.25, -0.2) is 9.13 Å². The van der Waals surface area contributed by atoms with Crippen LogP contribution in [0.15, 0.2) is 24.3 Å². The highest BCUT2D eigenvalue weighted by Crippen LogP contribution is 2.45. The molecule has 0 aromatic carbocycles. The monoisotopic (exact) mass is 1430 g/mol. The van der Waals surface area contributed by atoms with Crippen LogP contribution in [-0.2, 0) is 65.4 Å². The number of allylic oxidation sites excluding steroid dienone is 4. The summed E-state index contributed by atoms with van der Waals surface area (Å²) in [6.45, 7) is 11.8. The molecule has 0 saturated carbocycles. The van der Waals surface area contributed by atoms with Crippen LogP contribution in [-0.4, -0.2) is 96.7 Å². The molecule has 0 aliphatic rings. The van der Waals surface area contributed by atoms with E-state index in [1.807, 2.05) is 0 Å². The van der Waals surface area contributed by atoms with Crippen LogP contribution in [0.25, 0.3) is 0 Å². The Morgan fingerprint density at radius 2 is 0.551 bits per heavy atom. The highest BCUT2D eigenvalue weighted by atomic mass is 31.2. The van der Waals surface area contributed by atoms with Gasteiger partial charge in [-0.3, -0.25) is 37.3 Å². The maximum absolute atomic E-state index is 13.1. The predicted octanol–water partition coefficient (Wildman–Crippen LogP) is 22.9. The zero-order chi connectivity index (χ0) is 72.3. The molecule has 0 spiro atoms. The molecule has 0 rings (SSSR count). The summed E-state index contributed by atoms with van der Waals surface area (Å²) in [6.07, 6.45) is 59.3. The number of ether oxygens (including phenoxy) is 4. The maximum atomic E-state index is 13.1. The number of rotatable bonds is 75. The number of hydrogen-bond donors (Lipinski definition) is 3. The molecule has 5 atom stereocenters. The number of aliphatic hydroxyl groups excluding tert-OH is 1. The number of hydrogen-bond acceptors (Lipinski definition) is 15. The highest BCUT2D eigenvalue weighted by Gasteiger charge is 2.30. The molecule has 0 aromatic heterocycles. The van der Waals surface area contributed by atoms with Gasteiger partial charge in [-0.2, -0.15) is 0 Å². The number of phosphoric ester groups is 2. The summed E-state index contributed by atoms with van der Waals surface area (Å²) < 4.78 is 68.5. The van der Waals surface area contributed by atoms with Crippen molar-refractivity contribution in [2.24, 2.45) is 17.8 Å². The molecule has 0 heterocycles. The molecule has 19 heteroatoms. The van der Waals surface area contributed by atoms with Gasteiger partial charge in [-0.15, -0.1) is 0 Å². The smallest absolute Gasteiger partial charge is 0.462 e. The van der Waals surface area contributed by atoms with Gasteiger partial charge < -0.3 is 33.8 Å². The second-order valence-electron chi connectivity index (χ2n) is 29.2. The first-order valence-electron chi connectivity index (χ1n) is 40.2. The van der Waals surface area contributed by atoms with Crippen molar-refractivity contribution < 1.29 is 80.2 Å². The fourth-order valence-corrected chi connectivity index (χ4v) is 13.2. The van der Waals surface area contributed by atoms with Crippen molar-refractivity contribution in [3.05, 3.63) is 24.3 Å². The molecule has 17 nitrogen and oxygen atoms in total. The number of unbranched alkanes of at least 4 members (excludes halogenated alkanes) is 40. The van der Waals surface area contributed by atoms with Gasteiger partial charge in [-0.1, -0.05) is 330 Å². The third-order valence-corrected chi connectivity index (χ3v) is 19.7. The summed E-state index contributed by atoms with van der Waals surface area (Å²) in [5, 5.41) is 10.6. The van der Waals surface area contributed by atoms with E-state index in [4.69, 9.17) is 37.0 Å². The molecule has 0 fully saturated rings. The van der Waals surface area contributed by atoms with E-state index in [2.05, 4.69) is 72.8 Å². The average molecular weight is 1430 g/mol. The summed E-state index contributed by atoms with van der Waals surface area (Å²) in [7, 11) is -9.93. The lowest BCUT2D eigenvalue weighted by Crippen LogP contribution is -2.30. The Kier molecular flexibility index (Phi) is 67.2. The molecule has 0 bridgehead atoms. The molecule has 0 aliphatic carbocycles. The van der Waals surface area contributed by atoms with Crippen LogP contribution < -0.4 is 0 Å². The first-order chi connectivity index (χ1) is 47.2. The van der Waals surface area contributed by atoms with Crippen LogP contribution in [0.2, 0.25) is 0 Å². The first kappa shape index (κ1) is 95.5. The van der Waals surface area contributed by atoms with E-state index in [-0.39, 0.29) is 25.7 Å². The third-order valence-electron chi connectivity index (χ3n) is 17.8. The Morgan fingerprint density at radius 3 is 0.827 bits per heavy atom. The van der Waals surface area contributed by atoms with Gasteiger partial charge in [0.1, 0.15) is 19.3 Å². The largest absolute Gasteiger partial charge is 0.472 e. The van der Waals surface area contributed by atoms with Crippen LogP contribution in [0.3, 0.4) is 0 Å². The summed E-state index contributed by atoms with van der Waals surface area (Å²) >= 11 is 0. The van der Waals surface area contributed by atoms with E-state index in [0.717, 1.165) is 121 Å². The average Bonchev–Trinajstić information content (AvgIpc) is 0.938. The lowest BCUT2D eigenvalue weighted by atomic mass is 10.0. The van der Waals surface area contributed by atoms with Crippen LogP contribution in [0, 0.1) is 17.8 Å². The van der Waals surface area contributed by atoms with E-state index in [9.17, 15) is 43.2 Å². The summed E-state index contributed by atoms with van der Waals surface area (Å²) in [4.78, 5) is 72.8. The van der Waals surface area contributed by atoms with E-state index >= 15 is 0 Å². The van der Waals surface area contributed by atoms with Crippen LogP contribution >= 0.6 is 15.6 Å². The molecular weight excluding hydrogens is 1280 g/mol. The van der Waals surface area contributed by atoms with E-state index in [0.29, 0.717) is 31.6 Å². The van der Waals surface area contributed by atoms with Gasteiger partial charge in [0.25, 0.3) is 0 Å². The standard InChI is InChI=1S/C79H150O17P2/c1-8-9-10-11-12-13-14-15-20-25-28-33-40-48-55-62-78(83)95-74(66-89-76(81)60-53-46-39-32-27-24-22-19-17-16-18-21-23-26-30-36-43-50-57-70(2)3)68-93-97(85,86)91-64-73(80)65-92-98(87,88)94-69-75(67-90-77(82)61-54-47-42-35-38-45-52-59-72(6)7)96-79(84)63-56-49-41-34-29-31-37-44-51-58-71(4)5/h13-15,20,70-75,80H,8-12,16-19,21-69H2,1-7H3,(H,85,86)(H,87,88)/b14-13-,20-15-/t73?,74-,75-/m1/s1. The number of esters is 4. The van der Waals surface area contributed by atoms with Crippen molar-refractivity contribution in [3.8, 4) is 0 Å². The Balaban J connectivity index is 5.23. The molecule has 578 valence electrons. The fourth-order valence-electron chi connectivity index (χ4n) is 11.6. The van der Waals surface area contributed by atoms with Crippen LogP contribution in [0.4, 0.5) is 0 Å². The normalized spacial score (nSPS) is 14.2. The minimum absolute atomic E-state index is 0.0851. The van der Waals surface area contributed by atoms with Crippen molar-refractivity contribution in [1.82, 2.24) is 0 Å². The van der Waals surface area contributed by atoms with Gasteiger partial charge in [0, 0.05) is 25.7 Å². The number of aliphatic hydroxyl groups is 1. The fraction of sp³-hybridized carbons (Fsp3) is 0.899. The van der Waals surface area contributed by atoms with E-state index in [1.54, 1.807) is 0 Å². The Hall–Kier alpha value is -2.46. The molecule has 0 radical (unpaired) electrons. The molecule has 0 aromatic rings. The topological polar surface area (TPSA) is 237 Å². The first-order valence-corrected chi connectivity index (χ1v) is 43.2. The third kappa shape index (κ3) is 71.9. The van der Waals surface area contributed by atoms with Gasteiger partial charge in [-0.05, 0) is 69.1 Å². The molecule has 3 N–H and O–H groups in total. The van der Waals surface area contributed by atoms with Gasteiger partial charge in [0.15, 0.2) is 12.2 Å².